The number of benzene rings is 2. The van der Waals surface area contributed by atoms with E-state index in [0.717, 1.165) is 16.7 Å². The molecule has 0 unspecified atom stereocenters. The maximum atomic E-state index is 15.0. The van der Waals surface area contributed by atoms with Crippen molar-refractivity contribution in [3.8, 4) is 16.9 Å². The summed E-state index contributed by atoms with van der Waals surface area (Å²) < 4.78 is 20.3. The minimum atomic E-state index is -0.540. The van der Waals surface area contributed by atoms with Crippen molar-refractivity contribution in [2.45, 2.75) is 6.54 Å². The number of ether oxygens (including phenoxy) is 1. The zero-order chi connectivity index (χ0) is 21.5. The van der Waals surface area contributed by atoms with E-state index in [-0.39, 0.29) is 12.3 Å². The summed E-state index contributed by atoms with van der Waals surface area (Å²) in [5, 5.41) is 12.9. The van der Waals surface area contributed by atoms with Crippen LogP contribution < -0.4 is 10.1 Å². The molecule has 30 heavy (non-hydrogen) atoms. The van der Waals surface area contributed by atoms with Gasteiger partial charge in [0.15, 0.2) is 0 Å². The van der Waals surface area contributed by atoms with Gasteiger partial charge in [-0.25, -0.2) is 4.39 Å². The number of halogens is 3. The van der Waals surface area contributed by atoms with Crippen LogP contribution in [-0.4, -0.2) is 30.4 Å². The molecular weight excluding hydrogens is 426 g/mol. The van der Waals surface area contributed by atoms with Crippen molar-refractivity contribution in [1.82, 2.24) is 10.3 Å². The third kappa shape index (κ3) is 5.18. The second kappa shape index (κ2) is 10.5. The van der Waals surface area contributed by atoms with Gasteiger partial charge < -0.3 is 15.2 Å². The monoisotopic (exact) mass is 446 g/mol. The number of aliphatic hydroxyl groups is 1. The largest absolute Gasteiger partial charge is 0.496 e. The lowest BCUT2D eigenvalue weighted by Gasteiger charge is -2.11. The van der Waals surface area contributed by atoms with Gasteiger partial charge in [0.25, 0.3) is 0 Å². The van der Waals surface area contributed by atoms with Gasteiger partial charge in [-0.1, -0.05) is 59.6 Å². The molecule has 2 N–H and O–H groups in total. The molecule has 0 saturated carbocycles. The van der Waals surface area contributed by atoms with E-state index in [2.05, 4.69) is 10.3 Å². The van der Waals surface area contributed by atoms with Gasteiger partial charge in [-0.2, -0.15) is 0 Å². The Morgan fingerprint density at radius 1 is 1.17 bits per heavy atom. The van der Waals surface area contributed by atoms with Crippen LogP contribution in [0.4, 0.5) is 4.39 Å². The van der Waals surface area contributed by atoms with Gasteiger partial charge >= 0.3 is 0 Å². The Morgan fingerprint density at radius 3 is 2.67 bits per heavy atom. The first-order valence-corrected chi connectivity index (χ1v) is 10.1. The molecule has 156 valence electrons. The summed E-state index contributed by atoms with van der Waals surface area (Å²) in [6, 6.07) is 14.3. The van der Waals surface area contributed by atoms with Gasteiger partial charge in [0.1, 0.15) is 17.3 Å². The number of nitrogens with zero attached hydrogens (tertiary/aromatic N) is 1. The highest BCUT2D eigenvalue weighted by Crippen LogP contribution is 2.36. The molecule has 0 bridgehead atoms. The van der Waals surface area contributed by atoms with E-state index in [1.54, 1.807) is 24.4 Å². The molecule has 4 nitrogen and oxygen atoms in total. The first-order valence-electron chi connectivity index (χ1n) is 9.30. The molecule has 0 saturated heterocycles. The maximum Gasteiger partial charge on any atom is 0.149 e. The fraction of sp³-hybridized carbons (Fsp3) is 0.174. The number of aromatic nitrogens is 1. The zero-order valence-corrected chi connectivity index (χ0v) is 17.8. The van der Waals surface area contributed by atoms with Gasteiger partial charge in [-0.3, -0.25) is 4.98 Å². The first-order chi connectivity index (χ1) is 14.5. The molecule has 3 rings (SSSR count). The Bertz CT molecular complexity index is 1060. The van der Waals surface area contributed by atoms with E-state index in [0.29, 0.717) is 34.4 Å². The van der Waals surface area contributed by atoms with Crippen LogP contribution in [0.25, 0.3) is 23.0 Å². The Kier molecular flexibility index (Phi) is 7.82. The van der Waals surface area contributed by atoms with Crippen molar-refractivity contribution in [3.63, 3.8) is 0 Å². The van der Waals surface area contributed by atoms with Gasteiger partial charge in [-0.05, 0) is 17.7 Å². The van der Waals surface area contributed by atoms with Crippen LogP contribution in [-0.2, 0) is 6.54 Å². The first kappa shape index (κ1) is 22.2. The smallest absolute Gasteiger partial charge is 0.149 e. The van der Waals surface area contributed by atoms with Crippen LogP contribution in [0.5, 0.6) is 5.75 Å². The highest BCUT2D eigenvalue weighted by atomic mass is 35.5. The molecule has 3 aromatic rings. The van der Waals surface area contributed by atoms with Crippen molar-refractivity contribution in [2.75, 3.05) is 20.3 Å². The molecule has 0 amide bonds. The van der Waals surface area contributed by atoms with Crippen molar-refractivity contribution in [2.24, 2.45) is 0 Å². The van der Waals surface area contributed by atoms with Gasteiger partial charge in [-0.15, -0.1) is 0 Å². The van der Waals surface area contributed by atoms with E-state index in [4.69, 9.17) is 33.0 Å². The van der Waals surface area contributed by atoms with E-state index >= 15 is 0 Å². The van der Waals surface area contributed by atoms with Crippen molar-refractivity contribution in [1.29, 1.82) is 0 Å². The van der Waals surface area contributed by atoms with E-state index in [1.807, 2.05) is 24.3 Å². The predicted molar refractivity (Wildman–Crippen MR) is 120 cm³/mol. The second-order valence-electron chi connectivity index (χ2n) is 6.46. The van der Waals surface area contributed by atoms with Crippen LogP contribution in [0, 0.1) is 0 Å². The maximum absolute atomic E-state index is 15.0. The third-order valence-corrected chi connectivity index (χ3v) is 5.24. The molecule has 0 aliphatic carbocycles. The molecule has 0 aliphatic rings. The molecule has 7 heteroatoms. The summed E-state index contributed by atoms with van der Waals surface area (Å²) in [6.45, 7) is 0.923. The average Bonchev–Trinajstić information content (AvgIpc) is 2.76. The van der Waals surface area contributed by atoms with Crippen molar-refractivity contribution in [3.05, 3.63) is 81.6 Å². The van der Waals surface area contributed by atoms with Crippen LogP contribution >= 0.6 is 23.2 Å². The van der Waals surface area contributed by atoms with E-state index in [9.17, 15) is 4.39 Å². The number of nitrogens with one attached hydrogen (secondary N) is 1. The van der Waals surface area contributed by atoms with Crippen LogP contribution in [0.3, 0.4) is 0 Å². The summed E-state index contributed by atoms with van der Waals surface area (Å²) in [4.78, 5) is 4.20. The lowest BCUT2D eigenvalue weighted by molar-refractivity contribution is 0.291. The van der Waals surface area contributed by atoms with Crippen LogP contribution in [0.1, 0.15) is 16.8 Å². The number of aliphatic hydroxyl groups excluding tert-OH is 1. The van der Waals surface area contributed by atoms with Crippen molar-refractivity contribution >= 4 is 35.1 Å². The molecule has 0 radical (unpaired) electrons. The Balaban J connectivity index is 1.92. The summed E-state index contributed by atoms with van der Waals surface area (Å²) in [7, 11) is 1.51. The number of hydrogen-bond acceptors (Lipinski definition) is 4. The minimum Gasteiger partial charge on any atom is -0.496 e. The average molecular weight is 447 g/mol. The highest BCUT2D eigenvalue weighted by Gasteiger charge is 2.13. The van der Waals surface area contributed by atoms with Gasteiger partial charge in [0.2, 0.25) is 0 Å². The van der Waals surface area contributed by atoms with Crippen molar-refractivity contribution < 1.29 is 14.2 Å². The molecule has 2 aromatic carbocycles. The molecule has 0 fully saturated rings. The minimum absolute atomic E-state index is 0.0270. The SMILES string of the molecule is COc1cc(C(F)=Cc2cccc(-c3ccccc3Cl)c2Cl)ncc1CNCCO. The van der Waals surface area contributed by atoms with E-state index < -0.39 is 5.83 Å². The van der Waals surface area contributed by atoms with E-state index in [1.165, 1.54) is 19.3 Å². The lowest BCUT2D eigenvalue weighted by Crippen LogP contribution is -2.18. The second-order valence-corrected chi connectivity index (χ2v) is 7.25. The summed E-state index contributed by atoms with van der Waals surface area (Å²) in [6.07, 6.45) is 2.89. The summed E-state index contributed by atoms with van der Waals surface area (Å²) in [5.41, 5.74) is 2.92. The topological polar surface area (TPSA) is 54.4 Å². The van der Waals surface area contributed by atoms with Crippen LogP contribution in [0.15, 0.2) is 54.7 Å². The number of methoxy groups -OCH3 is 1. The highest BCUT2D eigenvalue weighted by molar-refractivity contribution is 6.37. The molecule has 0 spiro atoms. The fourth-order valence-corrected chi connectivity index (χ4v) is 3.50. The summed E-state index contributed by atoms with van der Waals surface area (Å²) in [5.74, 6) is -0.0359. The number of rotatable bonds is 8. The Hall–Kier alpha value is -2.44. The molecule has 0 atom stereocenters. The zero-order valence-electron chi connectivity index (χ0n) is 16.3. The Morgan fingerprint density at radius 2 is 1.93 bits per heavy atom. The standard InChI is InChI=1S/C23H21Cl2FN2O2/c1-30-22-12-21(28-14-16(22)13-27-9-10-29)20(26)11-15-5-4-7-18(23(15)25)17-6-2-3-8-19(17)24/h2-8,11-12,14,27,29H,9-10,13H2,1H3. The molecule has 0 aliphatic heterocycles. The lowest BCUT2D eigenvalue weighted by atomic mass is 10.0. The number of pyridine rings is 1. The molecule has 1 aromatic heterocycles. The fourth-order valence-electron chi connectivity index (χ4n) is 2.98. The van der Waals surface area contributed by atoms with Gasteiger partial charge in [0, 0.05) is 47.1 Å². The normalized spacial score (nSPS) is 11.6. The summed E-state index contributed by atoms with van der Waals surface area (Å²) >= 11 is 12.8. The molecular formula is C23H21Cl2FN2O2. The molecule has 1 heterocycles. The quantitative estimate of drug-likeness (QED) is 0.441. The number of hydrogen-bond donors (Lipinski definition) is 2. The van der Waals surface area contributed by atoms with Gasteiger partial charge in [0.05, 0.1) is 18.7 Å². The Labute approximate surface area is 184 Å². The predicted octanol–water partition coefficient (Wildman–Crippen LogP) is 5.61. The third-order valence-electron chi connectivity index (χ3n) is 4.49. The van der Waals surface area contributed by atoms with Crippen LogP contribution in [0.2, 0.25) is 10.0 Å².